The summed E-state index contributed by atoms with van der Waals surface area (Å²) in [5, 5.41) is 2.92. The molecule has 4 aromatic rings. The number of benzene rings is 4. The molecule has 4 rings (SSSR count). The molecule has 1 N–H and O–H groups in total. The van der Waals surface area contributed by atoms with Gasteiger partial charge in [0, 0.05) is 31.1 Å². The Morgan fingerprint density at radius 1 is 0.867 bits per heavy atom. The SMILES string of the molecule is COc1cccc(N(CC(=O)N(Cc2ccccc2F)[C@@H](Cc2ccccc2)C(=O)NCC(C)C)S(=O)(=O)c2ccccc2)c1. The first-order valence-electron chi connectivity index (χ1n) is 14.7. The van der Waals surface area contributed by atoms with E-state index in [-0.39, 0.29) is 35.0 Å². The molecule has 0 fully saturated rings. The normalized spacial score (nSPS) is 11.9. The molecule has 0 unspecified atom stereocenters. The number of rotatable bonds is 14. The predicted molar refractivity (Wildman–Crippen MR) is 173 cm³/mol. The molecule has 0 saturated heterocycles. The highest BCUT2D eigenvalue weighted by atomic mass is 32.2. The Morgan fingerprint density at radius 3 is 2.16 bits per heavy atom. The monoisotopic (exact) mass is 631 g/mol. The third-order valence-corrected chi connectivity index (χ3v) is 8.99. The van der Waals surface area contributed by atoms with E-state index in [0.717, 1.165) is 9.87 Å². The van der Waals surface area contributed by atoms with Crippen LogP contribution < -0.4 is 14.4 Å². The quantitative estimate of drug-likeness (QED) is 0.200. The molecule has 1 atom stereocenters. The summed E-state index contributed by atoms with van der Waals surface area (Å²) in [6, 6.07) is 28.3. The van der Waals surface area contributed by atoms with Crippen LogP contribution in [0.3, 0.4) is 0 Å². The average Bonchev–Trinajstić information content (AvgIpc) is 3.05. The van der Waals surface area contributed by atoms with Crippen LogP contribution in [-0.2, 0) is 32.6 Å². The molecule has 0 saturated carbocycles. The topological polar surface area (TPSA) is 96.0 Å². The van der Waals surface area contributed by atoms with Gasteiger partial charge in [-0.15, -0.1) is 0 Å². The molecular weight excluding hydrogens is 593 g/mol. The van der Waals surface area contributed by atoms with Gasteiger partial charge in [-0.25, -0.2) is 12.8 Å². The van der Waals surface area contributed by atoms with Crippen molar-refractivity contribution in [3.8, 4) is 5.75 Å². The van der Waals surface area contributed by atoms with Gasteiger partial charge in [-0.1, -0.05) is 86.6 Å². The van der Waals surface area contributed by atoms with Gasteiger partial charge in [0.2, 0.25) is 11.8 Å². The van der Waals surface area contributed by atoms with Gasteiger partial charge in [-0.2, -0.15) is 0 Å². The molecule has 0 aliphatic rings. The van der Waals surface area contributed by atoms with E-state index in [1.807, 2.05) is 44.2 Å². The van der Waals surface area contributed by atoms with Crippen molar-refractivity contribution in [3.63, 3.8) is 0 Å². The predicted octanol–water partition coefficient (Wildman–Crippen LogP) is 5.44. The highest BCUT2D eigenvalue weighted by molar-refractivity contribution is 7.92. The first-order valence-corrected chi connectivity index (χ1v) is 16.1. The summed E-state index contributed by atoms with van der Waals surface area (Å²) in [4.78, 5) is 29.5. The van der Waals surface area contributed by atoms with Gasteiger partial charge in [0.1, 0.15) is 24.2 Å². The Balaban J connectivity index is 1.81. The number of nitrogens with one attached hydrogen (secondary N) is 1. The molecule has 0 bridgehead atoms. The zero-order valence-corrected chi connectivity index (χ0v) is 26.4. The minimum atomic E-state index is -4.26. The smallest absolute Gasteiger partial charge is 0.264 e. The summed E-state index contributed by atoms with van der Waals surface area (Å²) >= 11 is 0. The Labute approximate surface area is 264 Å². The fraction of sp³-hybridized carbons (Fsp3) is 0.257. The minimum absolute atomic E-state index is 0.0169. The molecule has 2 amide bonds. The average molecular weight is 632 g/mol. The van der Waals surface area contributed by atoms with Crippen LogP contribution in [0.1, 0.15) is 25.0 Å². The molecule has 0 spiro atoms. The lowest BCUT2D eigenvalue weighted by Crippen LogP contribution is -2.53. The van der Waals surface area contributed by atoms with E-state index in [9.17, 15) is 18.0 Å². The zero-order valence-electron chi connectivity index (χ0n) is 25.6. The van der Waals surface area contributed by atoms with E-state index < -0.39 is 40.2 Å². The summed E-state index contributed by atoms with van der Waals surface area (Å²) in [5.41, 5.74) is 1.18. The minimum Gasteiger partial charge on any atom is -0.497 e. The lowest BCUT2D eigenvalue weighted by atomic mass is 10.0. The van der Waals surface area contributed by atoms with E-state index in [1.54, 1.807) is 54.6 Å². The summed E-state index contributed by atoms with van der Waals surface area (Å²) in [6.45, 7) is 3.37. The van der Waals surface area contributed by atoms with Crippen molar-refractivity contribution in [1.29, 1.82) is 0 Å². The Hall–Kier alpha value is -4.70. The number of carbonyl (C=O) groups excluding carboxylic acids is 2. The number of hydrogen-bond acceptors (Lipinski definition) is 5. The number of ether oxygens (including phenoxy) is 1. The first-order chi connectivity index (χ1) is 21.6. The third kappa shape index (κ3) is 8.69. The van der Waals surface area contributed by atoms with Gasteiger partial charge >= 0.3 is 0 Å². The van der Waals surface area contributed by atoms with Crippen LogP contribution in [0.2, 0.25) is 0 Å². The number of anilines is 1. The summed E-state index contributed by atoms with van der Waals surface area (Å²) in [6.07, 6.45) is 0.134. The number of halogens is 1. The summed E-state index contributed by atoms with van der Waals surface area (Å²) in [7, 11) is -2.80. The van der Waals surface area contributed by atoms with E-state index in [1.165, 1.54) is 36.3 Å². The van der Waals surface area contributed by atoms with E-state index in [0.29, 0.717) is 12.3 Å². The number of amides is 2. The van der Waals surface area contributed by atoms with Crippen molar-refractivity contribution in [1.82, 2.24) is 10.2 Å². The molecule has 0 radical (unpaired) electrons. The third-order valence-electron chi connectivity index (χ3n) is 7.21. The first kappa shape index (κ1) is 33.2. The van der Waals surface area contributed by atoms with Crippen LogP contribution in [0.15, 0.2) is 114 Å². The van der Waals surface area contributed by atoms with Crippen molar-refractivity contribution in [3.05, 3.63) is 126 Å². The van der Waals surface area contributed by atoms with Crippen molar-refractivity contribution >= 4 is 27.5 Å². The van der Waals surface area contributed by atoms with Crippen LogP contribution in [0.25, 0.3) is 0 Å². The van der Waals surface area contributed by atoms with Crippen LogP contribution in [0, 0.1) is 11.7 Å². The Kier molecular flexibility index (Phi) is 11.3. The lowest BCUT2D eigenvalue weighted by molar-refractivity contribution is -0.140. The molecular formula is C35H38FN3O5S. The van der Waals surface area contributed by atoms with Crippen LogP contribution in [-0.4, -0.2) is 51.4 Å². The maximum absolute atomic E-state index is 15.0. The zero-order chi connectivity index (χ0) is 32.4. The molecule has 236 valence electrons. The molecule has 0 aromatic heterocycles. The second-order valence-electron chi connectivity index (χ2n) is 11.0. The molecule has 4 aromatic carbocycles. The molecule has 8 nitrogen and oxygen atoms in total. The van der Waals surface area contributed by atoms with Gasteiger partial charge in [0.05, 0.1) is 17.7 Å². The molecule has 0 aliphatic carbocycles. The van der Waals surface area contributed by atoms with E-state index in [2.05, 4.69) is 5.32 Å². The van der Waals surface area contributed by atoms with Gasteiger partial charge in [0.15, 0.2) is 0 Å². The lowest BCUT2D eigenvalue weighted by Gasteiger charge is -2.34. The van der Waals surface area contributed by atoms with Crippen LogP contribution in [0.4, 0.5) is 10.1 Å². The number of carbonyl (C=O) groups is 2. The van der Waals surface area contributed by atoms with Gasteiger partial charge in [0.25, 0.3) is 10.0 Å². The van der Waals surface area contributed by atoms with E-state index in [4.69, 9.17) is 4.74 Å². The number of hydrogen-bond donors (Lipinski definition) is 1. The van der Waals surface area contributed by atoms with Crippen molar-refractivity contribution in [2.45, 2.75) is 37.8 Å². The summed E-state index contributed by atoms with van der Waals surface area (Å²) < 4.78 is 49.5. The van der Waals surface area contributed by atoms with Gasteiger partial charge in [-0.3, -0.25) is 13.9 Å². The highest BCUT2D eigenvalue weighted by Crippen LogP contribution is 2.28. The fourth-order valence-electron chi connectivity index (χ4n) is 4.80. The van der Waals surface area contributed by atoms with E-state index >= 15 is 4.39 Å². The summed E-state index contributed by atoms with van der Waals surface area (Å²) in [5.74, 6) is -1.11. The van der Waals surface area contributed by atoms with Gasteiger partial charge < -0.3 is 15.0 Å². The second-order valence-corrected chi connectivity index (χ2v) is 12.8. The fourth-order valence-corrected chi connectivity index (χ4v) is 6.23. The van der Waals surface area contributed by atoms with Crippen molar-refractivity contribution in [2.75, 3.05) is 24.5 Å². The Bertz CT molecular complexity index is 1680. The number of methoxy groups -OCH3 is 1. The van der Waals surface area contributed by atoms with Crippen LogP contribution >= 0.6 is 0 Å². The van der Waals surface area contributed by atoms with Crippen LogP contribution in [0.5, 0.6) is 5.75 Å². The van der Waals surface area contributed by atoms with Crippen molar-refractivity contribution in [2.24, 2.45) is 5.92 Å². The highest BCUT2D eigenvalue weighted by Gasteiger charge is 2.35. The van der Waals surface area contributed by atoms with Gasteiger partial charge in [-0.05, 0) is 41.8 Å². The molecule has 45 heavy (non-hydrogen) atoms. The van der Waals surface area contributed by atoms with Crippen molar-refractivity contribution < 1.29 is 27.1 Å². The molecule has 10 heteroatoms. The number of nitrogens with zero attached hydrogens (tertiary/aromatic N) is 2. The Morgan fingerprint density at radius 2 is 1.51 bits per heavy atom. The molecule has 0 heterocycles. The molecule has 0 aliphatic heterocycles. The standard InChI is InChI=1S/C35H38FN3O5S/c1-26(2)23-37-35(41)33(21-27-13-6-4-7-14-27)38(24-28-15-10-11-20-32(28)36)34(40)25-39(29-16-12-17-30(22-29)44-3)45(42,43)31-18-8-5-9-19-31/h4-20,22,26,33H,21,23-25H2,1-3H3,(H,37,41)/t33-/m0/s1. The largest absolute Gasteiger partial charge is 0.497 e. The maximum atomic E-state index is 15.0. The second kappa shape index (κ2) is 15.3. The maximum Gasteiger partial charge on any atom is 0.264 e. The number of sulfonamides is 1.